The molecule has 7 heteroatoms. The number of benzene rings is 2. The molecule has 3 aromatic rings. The van der Waals surface area contributed by atoms with Gasteiger partial charge in [-0.05, 0) is 80.1 Å². The standard InChI is InChI=1S/C30H36N2O5/c1-5-37-30(34)26-20-27(23-10-12-24(35-3)13-11-23)32(21(26)2)19-16-29(33)31-17-14-22(15-18-31)25-8-6-7-9-28(25)36-4/h6-13,20,22H,5,14-19H2,1-4H3. The van der Waals surface area contributed by atoms with Crippen molar-refractivity contribution in [3.8, 4) is 22.8 Å². The molecule has 196 valence electrons. The molecule has 0 aliphatic carbocycles. The molecule has 7 nitrogen and oxygen atoms in total. The molecule has 1 saturated heterocycles. The highest BCUT2D eigenvalue weighted by Gasteiger charge is 2.26. The van der Waals surface area contributed by atoms with Crippen molar-refractivity contribution in [1.82, 2.24) is 9.47 Å². The van der Waals surface area contributed by atoms with Gasteiger partial charge in [-0.2, -0.15) is 0 Å². The molecule has 0 bridgehead atoms. The number of nitrogens with zero attached hydrogens (tertiary/aromatic N) is 2. The molecule has 0 unspecified atom stereocenters. The summed E-state index contributed by atoms with van der Waals surface area (Å²) in [7, 11) is 3.33. The number of amides is 1. The summed E-state index contributed by atoms with van der Waals surface area (Å²) in [6.07, 6.45) is 2.19. The van der Waals surface area contributed by atoms with Gasteiger partial charge in [-0.15, -0.1) is 0 Å². The van der Waals surface area contributed by atoms with Crippen LogP contribution in [0.15, 0.2) is 54.6 Å². The SMILES string of the molecule is CCOC(=O)c1cc(-c2ccc(OC)cc2)n(CCC(=O)N2CCC(c3ccccc3OC)CC2)c1C. The van der Waals surface area contributed by atoms with Crippen molar-refractivity contribution >= 4 is 11.9 Å². The van der Waals surface area contributed by atoms with Crippen LogP contribution in [0.2, 0.25) is 0 Å². The Kier molecular flexibility index (Phi) is 8.54. The quantitative estimate of drug-likeness (QED) is 0.362. The summed E-state index contributed by atoms with van der Waals surface area (Å²) in [4.78, 5) is 27.8. The second-order valence-corrected chi connectivity index (χ2v) is 9.28. The second kappa shape index (κ2) is 12.0. The fourth-order valence-corrected chi connectivity index (χ4v) is 5.16. The van der Waals surface area contributed by atoms with Crippen molar-refractivity contribution in [2.45, 2.75) is 45.6 Å². The normalized spacial score (nSPS) is 13.9. The Morgan fingerprint density at radius 3 is 2.32 bits per heavy atom. The van der Waals surface area contributed by atoms with Crippen LogP contribution in [0.5, 0.6) is 11.5 Å². The van der Waals surface area contributed by atoms with E-state index in [1.807, 2.05) is 64.9 Å². The van der Waals surface area contributed by atoms with Crippen LogP contribution in [0.4, 0.5) is 0 Å². The summed E-state index contributed by atoms with van der Waals surface area (Å²) in [6.45, 7) is 5.95. The third-order valence-corrected chi connectivity index (χ3v) is 7.22. The fraction of sp³-hybridized carbons (Fsp3) is 0.400. The Morgan fingerprint density at radius 1 is 0.973 bits per heavy atom. The first-order chi connectivity index (χ1) is 18.0. The number of carbonyl (C=O) groups excluding carboxylic acids is 2. The Bertz CT molecular complexity index is 1220. The molecule has 37 heavy (non-hydrogen) atoms. The largest absolute Gasteiger partial charge is 0.497 e. The zero-order chi connectivity index (χ0) is 26.4. The van der Waals surface area contributed by atoms with Crippen LogP contribution in [0.1, 0.15) is 53.7 Å². The number of para-hydroxylation sites is 1. The number of piperidine rings is 1. The van der Waals surface area contributed by atoms with E-state index < -0.39 is 0 Å². The zero-order valence-corrected chi connectivity index (χ0v) is 22.2. The number of aromatic nitrogens is 1. The van der Waals surface area contributed by atoms with E-state index in [-0.39, 0.29) is 11.9 Å². The maximum absolute atomic E-state index is 13.2. The molecule has 2 aromatic carbocycles. The molecule has 1 aliphatic rings. The summed E-state index contributed by atoms with van der Waals surface area (Å²) >= 11 is 0. The minimum Gasteiger partial charge on any atom is -0.497 e. The molecular weight excluding hydrogens is 468 g/mol. The van der Waals surface area contributed by atoms with E-state index in [9.17, 15) is 9.59 Å². The van der Waals surface area contributed by atoms with Crippen LogP contribution < -0.4 is 9.47 Å². The van der Waals surface area contributed by atoms with Crippen molar-refractivity contribution in [2.75, 3.05) is 33.9 Å². The number of hydrogen-bond acceptors (Lipinski definition) is 5. The summed E-state index contributed by atoms with van der Waals surface area (Å²) in [5.74, 6) is 1.85. The van der Waals surface area contributed by atoms with Gasteiger partial charge in [0.25, 0.3) is 0 Å². The lowest BCUT2D eigenvalue weighted by molar-refractivity contribution is -0.132. The molecule has 1 aliphatic heterocycles. The lowest BCUT2D eigenvalue weighted by Crippen LogP contribution is -2.38. The average Bonchev–Trinajstić information content (AvgIpc) is 3.27. The number of hydrogen-bond donors (Lipinski definition) is 0. The molecule has 1 amide bonds. The highest BCUT2D eigenvalue weighted by atomic mass is 16.5. The Hall–Kier alpha value is -3.74. The molecule has 0 N–H and O–H groups in total. The van der Waals surface area contributed by atoms with E-state index in [4.69, 9.17) is 14.2 Å². The molecule has 1 fully saturated rings. The summed E-state index contributed by atoms with van der Waals surface area (Å²) in [5, 5.41) is 0. The molecule has 0 radical (unpaired) electrons. The first-order valence-electron chi connectivity index (χ1n) is 12.9. The van der Waals surface area contributed by atoms with Crippen molar-refractivity contribution in [3.05, 3.63) is 71.4 Å². The Labute approximate surface area is 218 Å². The molecular formula is C30H36N2O5. The number of carbonyl (C=O) groups is 2. The van der Waals surface area contributed by atoms with Gasteiger partial charge >= 0.3 is 5.97 Å². The second-order valence-electron chi connectivity index (χ2n) is 9.28. The number of esters is 1. The van der Waals surface area contributed by atoms with Crippen LogP contribution in [-0.4, -0.2) is 55.3 Å². The topological polar surface area (TPSA) is 70.0 Å². The average molecular weight is 505 g/mol. The highest BCUT2D eigenvalue weighted by Crippen LogP contribution is 2.34. The van der Waals surface area contributed by atoms with Crippen molar-refractivity contribution in [3.63, 3.8) is 0 Å². The van der Waals surface area contributed by atoms with Crippen molar-refractivity contribution in [2.24, 2.45) is 0 Å². The monoisotopic (exact) mass is 504 g/mol. The first kappa shape index (κ1) is 26.3. The predicted molar refractivity (Wildman–Crippen MR) is 143 cm³/mol. The van der Waals surface area contributed by atoms with E-state index in [0.717, 1.165) is 54.4 Å². The third-order valence-electron chi connectivity index (χ3n) is 7.22. The minimum absolute atomic E-state index is 0.130. The highest BCUT2D eigenvalue weighted by molar-refractivity contribution is 5.92. The maximum atomic E-state index is 13.2. The number of likely N-dealkylation sites (tertiary alicyclic amines) is 1. The molecule has 0 spiro atoms. The smallest absolute Gasteiger partial charge is 0.339 e. The van der Waals surface area contributed by atoms with Gasteiger partial charge in [-0.1, -0.05) is 18.2 Å². The number of ether oxygens (including phenoxy) is 3. The van der Waals surface area contributed by atoms with Crippen LogP contribution in [-0.2, 0) is 16.1 Å². The molecule has 0 atom stereocenters. The van der Waals surface area contributed by atoms with E-state index in [1.54, 1.807) is 21.1 Å². The van der Waals surface area contributed by atoms with Gasteiger partial charge in [0.05, 0.1) is 26.4 Å². The lowest BCUT2D eigenvalue weighted by atomic mass is 9.88. The lowest BCUT2D eigenvalue weighted by Gasteiger charge is -2.33. The summed E-state index contributed by atoms with van der Waals surface area (Å²) in [6, 6.07) is 17.7. The van der Waals surface area contributed by atoms with Crippen LogP contribution in [0.25, 0.3) is 11.3 Å². The van der Waals surface area contributed by atoms with Gasteiger partial charge in [-0.25, -0.2) is 4.79 Å². The van der Waals surface area contributed by atoms with Gasteiger partial charge in [-0.3, -0.25) is 4.79 Å². The minimum atomic E-state index is -0.349. The summed E-state index contributed by atoms with van der Waals surface area (Å²) in [5.41, 5.74) is 4.37. The van der Waals surface area contributed by atoms with E-state index in [2.05, 4.69) is 6.07 Å². The Morgan fingerprint density at radius 2 is 1.68 bits per heavy atom. The van der Waals surface area contributed by atoms with E-state index in [1.165, 1.54) is 5.56 Å². The number of methoxy groups -OCH3 is 2. The van der Waals surface area contributed by atoms with Crippen molar-refractivity contribution in [1.29, 1.82) is 0 Å². The molecule has 1 aromatic heterocycles. The van der Waals surface area contributed by atoms with E-state index in [0.29, 0.717) is 31.1 Å². The predicted octanol–water partition coefficient (Wildman–Crippen LogP) is 5.45. The molecule has 0 saturated carbocycles. The fourth-order valence-electron chi connectivity index (χ4n) is 5.16. The number of rotatable bonds is 9. The van der Waals surface area contributed by atoms with Crippen molar-refractivity contribution < 1.29 is 23.8 Å². The first-order valence-corrected chi connectivity index (χ1v) is 12.9. The van der Waals surface area contributed by atoms with Gasteiger partial charge in [0.1, 0.15) is 11.5 Å². The Balaban J connectivity index is 1.47. The third kappa shape index (κ3) is 5.82. The summed E-state index contributed by atoms with van der Waals surface area (Å²) < 4.78 is 18.2. The zero-order valence-electron chi connectivity index (χ0n) is 22.2. The van der Waals surface area contributed by atoms with Gasteiger partial charge in [0.15, 0.2) is 0 Å². The van der Waals surface area contributed by atoms with Crippen LogP contribution in [0, 0.1) is 6.92 Å². The van der Waals surface area contributed by atoms with Gasteiger partial charge < -0.3 is 23.7 Å². The van der Waals surface area contributed by atoms with Crippen LogP contribution in [0.3, 0.4) is 0 Å². The molecule has 4 rings (SSSR count). The van der Waals surface area contributed by atoms with Gasteiger partial charge in [0.2, 0.25) is 5.91 Å². The van der Waals surface area contributed by atoms with Gasteiger partial charge in [0, 0.05) is 37.4 Å². The maximum Gasteiger partial charge on any atom is 0.339 e. The van der Waals surface area contributed by atoms with Crippen LogP contribution >= 0.6 is 0 Å². The molecule has 2 heterocycles. The van der Waals surface area contributed by atoms with E-state index >= 15 is 0 Å².